The zero-order valence-corrected chi connectivity index (χ0v) is 10.5. The molecular formula is C13H16N2O4. The third-order valence-electron chi connectivity index (χ3n) is 3.13. The standard InChI is InChI=1S/C13H16N2O4/c1-7(16)14-6-11(17)12(18)8-3-2-4-9-10(8)5-15-13(9)19/h2-4,11-12,17-18H,5-6H2,1H3,(H,14,16)(H,15,19). The van der Waals surface area contributed by atoms with Crippen molar-refractivity contribution in [3.63, 3.8) is 0 Å². The highest BCUT2D eigenvalue weighted by molar-refractivity contribution is 5.98. The Morgan fingerprint density at radius 1 is 1.47 bits per heavy atom. The molecule has 2 unspecified atom stereocenters. The number of amides is 2. The van der Waals surface area contributed by atoms with Gasteiger partial charge in [0.1, 0.15) is 12.2 Å². The van der Waals surface area contributed by atoms with Crippen molar-refractivity contribution < 1.29 is 19.8 Å². The van der Waals surface area contributed by atoms with Gasteiger partial charge in [-0.05, 0) is 17.2 Å². The first-order chi connectivity index (χ1) is 9.00. The van der Waals surface area contributed by atoms with E-state index in [9.17, 15) is 19.8 Å². The number of aliphatic hydroxyl groups excluding tert-OH is 2. The molecule has 0 saturated heterocycles. The Kier molecular flexibility index (Phi) is 3.82. The lowest BCUT2D eigenvalue weighted by Crippen LogP contribution is -2.34. The number of carbonyl (C=O) groups is 2. The lowest BCUT2D eigenvalue weighted by molar-refractivity contribution is -0.119. The van der Waals surface area contributed by atoms with Crippen molar-refractivity contribution in [2.24, 2.45) is 0 Å². The van der Waals surface area contributed by atoms with Crippen LogP contribution in [0.3, 0.4) is 0 Å². The maximum atomic E-state index is 11.5. The van der Waals surface area contributed by atoms with Crippen LogP contribution >= 0.6 is 0 Å². The molecule has 0 fully saturated rings. The minimum absolute atomic E-state index is 0.0401. The van der Waals surface area contributed by atoms with Crippen molar-refractivity contribution >= 4 is 11.8 Å². The summed E-state index contributed by atoms with van der Waals surface area (Å²) in [4.78, 5) is 22.3. The summed E-state index contributed by atoms with van der Waals surface area (Å²) in [6.07, 6.45) is -2.26. The van der Waals surface area contributed by atoms with Crippen molar-refractivity contribution in [3.8, 4) is 0 Å². The molecular weight excluding hydrogens is 248 g/mol. The first-order valence-corrected chi connectivity index (χ1v) is 6.01. The molecule has 1 heterocycles. The van der Waals surface area contributed by atoms with E-state index in [0.29, 0.717) is 23.2 Å². The molecule has 0 bridgehead atoms. The van der Waals surface area contributed by atoms with E-state index in [1.54, 1.807) is 18.2 Å². The van der Waals surface area contributed by atoms with Crippen LogP contribution in [0.25, 0.3) is 0 Å². The summed E-state index contributed by atoms with van der Waals surface area (Å²) >= 11 is 0. The van der Waals surface area contributed by atoms with Crippen LogP contribution in [0.2, 0.25) is 0 Å². The van der Waals surface area contributed by atoms with Crippen LogP contribution in [-0.4, -0.2) is 34.7 Å². The van der Waals surface area contributed by atoms with Crippen LogP contribution in [-0.2, 0) is 11.3 Å². The number of hydrogen-bond donors (Lipinski definition) is 4. The molecule has 19 heavy (non-hydrogen) atoms. The summed E-state index contributed by atoms with van der Waals surface area (Å²) in [6.45, 7) is 1.64. The topological polar surface area (TPSA) is 98.7 Å². The summed E-state index contributed by atoms with van der Waals surface area (Å²) in [5.74, 6) is -0.457. The third-order valence-corrected chi connectivity index (χ3v) is 3.13. The molecule has 1 aromatic carbocycles. The van der Waals surface area contributed by atoms with E-state index >= 15 is 0 Å². The van der Waals surface area contributed by atoms with E-state index in [-0.39, 0.29) is 18.4 Å². The van der Waals surface area contributed by atoms with Gasteiger partial charge in [0.2, 0.25) is 5.91 Å². The van der Waals surface area contributed by atoms with Crippen molar-refractivity contribution in [1.82, 2.24) is 10.6 Å². The molecule has 6 heteroatoms. The van der Waals surface area contributed by atoms with Crippen molar-refractivity contribution in [2.45, 2.75) is 25.7 Å². The lowest BCUT2D eigenvalue weighted by atomic mass is 9.96. The third kappa shape index (κ3) is 2.74. The highest BCUT2D eigenvalue weighted by Gasteiger charge is 2.27. The number of rotatable bonds is 4. The second-order valence-corrected chi connectivity index (χ2v) is 4.51. The molecule has 1 aliphatic heterocycles. The second-order valence-electron chi connectivity index (χ2n) is 4.51. The van der Waals surface area contributed by atoms with Crippen LogP contribution in [0, 0.1) is 0 Å². The summed E-state index contributed by atoms with van der Waals surface area (Å²) in [5, 5.41) is 25.1. The van der Waals surface area contributed by atoms with E-state index in [2.05, 4.69) is 10.6 Å². The Morgan fingerprint density at radius 2 is 2.21 bits per heavy atom. The fraction of sp³-hybridized carbons (Fsp3) is 0.385. The van der Waals surface area contributed by atoms with E-state index in [4.69, 9.17) is 0 Å². The number of hydrogen-bond acceptors (Lipinski definition) is 4. The van der Waals surface area contributed by atoms with Crippen molar-refractivity contribution in [3.05, 3.63) is 34.9 Å². The predicted octanol–water partition coefficient (Wildman–Crippen LogP) is -0.540. The fourth-order valence-electron chi connectivity index (χ4n) is 2.12. The molecule has 0 aliphatic carbocycles. The number of nitrogens with one attached hydrogen (secondary N) is 2. The second kappa shape index (κ2) is 5.38. The van der Waals surface area contributed by atoms with Gasteiger partial charge in [0.15, 0.2) is 0 Å². The van der Waals surface area contributed by atoms with Gasteiger partial charge < -0.3 is 20.8 Å². The minimum atomic E-state index is -1.14. The van der Waals surface area contributed by atoms with Crippen LogP contribution in [0.1, 0.15) is 34.5 Å². The predicted molar refractivity (Wildman–Crippen MR) is 67.3 cm³/mol. The Labute approximate surface area is 110 Å². The van der Waals surface area contributed by atoms with Gasteiger partial charge in [-0.3, -0.25) is 9.59 Å². The summed E-state index contributed by atoms with van der Waals surface area (Å²) in [6, 6.07) is 5.00. The fourth-order valence-corrected chi connectivity index (χ4v) is 2.12. The first kappa shape index (κ1) is 13.5. The van der Waals surface area contributed by atoms with Crippen molar-refractivity contribution in [1.29, 1.82) is 0 Å². The summed E-state index contributed by atoms with van der Waals surface area (Å²) in [7, 11) is 0. The average Bonchev–Trinajstić information content (AvgIpc) is 2.77. The molecule has 2 amide bonds. The zero-order valence-electron chi connectivity index (χ0n) is 10.5. The summed E-state index contributed by atoms with van der Waals surface area (Å²) in [5.41, 5.74) is 1.72. The maximum absolute atomic E-state index is 11.5. The number of benzene rings is 1. The SMILES string of the molecule is CC(=O)NCC(O)C(O)c1cccc2c1CNC2=O. The molecule has 0 radical (unpaired) electrons. The van der Waals surface area contributed by atoms with E-state index < -0.39 is 12.2 Å². The largest absolute Gasteiger partial charge is 0.388 e. The van der Waals surface area contributed by atoms with Gasteiger partial charge in [-0.15, -0.1) is 0 Å². The lowest BCUT2D eigenvalue weighted by Gasteiger charge is -2.20. The molecule has 2 atom stereocenters. The normalized spacial score (nSPS) is 16.5. The summed E-state index contributed by atoms with van der Waals surface area (Å²) < 4.78 is 0. The molecule has 2 rings (SSSR count). The molecule has 1 aliphatic rings. The highest BCUT2D eigenvalue weighted by atomic mass is 16.3. The number of carbonyl (C=O) groups excluding carboxylic acids is 2. The molecule has 0 aromatic heterocycles. The maximum Gasteiger partial charge on any atom is 0.251 e. The molecule has 0 spiro atoms. The average molecular weight is 264 g/mol. The molecule has 102 valence electrons. The van der Waals surface area contributed by atoms with E-state index in [0.717, 1.165) is 0 Å². The molecule has 1 aromatic rings. The Hall–Kier alpha value is -1.92. The van der Waals surface area contributed by atoms with Crippen molar-refractivity contribution in [2.75, 3.05) is 6.54 Å². The van der Waals surface area contributed by atoms with Gasteiger partial charge in [0.25, 0.3) is 5.91 Å². The van der Waals surface area contributed by atoms with Gasteiger partial charge >= 0.3 is 0 Å². The first-order valence-electron chi connectivity index (χ1n) is 6.01. The molecule has 6 nitrogen and oxygen atoms in total. The molecule has 0 saturated carbocycles. The Bertz CT molecular complexity index is 515. The van der Waals surface area contributed by atoms with Gasteiger partial charge in [-0.1, -0.05) is 12.1 Å². The quantitative estimate of drug-likeness (QED) is 0.587. The van der Waals surface area contributed by atoms with Crippen LogP contribution < -0.4 is 10.6 Å². The molecule has 4 N–H and O–H groups in total. The highest BCUT2D eigenvalue weighted by Crippen LogP contribution is 2.26. The smallest absolute Gasteiger partial charge is 0.251 e. The minimum Gasteiger partial charge on any atom is -0.388 e. The van der Waals surface area contributed by atoms with E-state index in [1.807, 2.05) is 0 Å². The number of aliphatic hydroxyl groups is 2. The van der Waals surface area contributed by atoms with Gasteiger partial charge in [-0.25, -0.2) is 0 Å². The number of fused-ring (bicyclic) bond motifs is 1. The van der Waals surface area contributed by atoms with Gasteiger partial charge in [-0.2, -0.15) is 0 Å². The van der Waals surface area contributed by atoms with Crippen LogP contribution in [0.5, 0.6) is 0 Å². The van der Waals surface area contributed by atoms with Crippen LogP contribution in [0.4, 0.5) is 0 Å². The van der Waals surface area contributed by atoms with Gasteiger partial charge in [0, 0.05) is 25.6 Å². The Morgan fingerprint density at radius 3 is 2.89 bits per heavy atom. The van der Waals surface area contributed by atoms with E-state index in [1.165, 1.54) is 6.92 Å². The van der Waals surface area contributed by atoms with Crippen LogP contribution in [0.15, 0.2) is 18.2 Å². The zero-order chi connectivity index (χ0) is 14.0. The Balaban J connectivity index is 2.18. The monoisotopic (exact) mass is 264 g/mol. The van der Waals surface area contributed by atoms with Gasteiger partial charge in [0.05, 0.1) is 0 Å².